The fourth-order valence-corrected chi connectivity index (χ4v) is 2.56. The number of carbonyl (C=O) groups excluding carboxylic acids is 1. The molecule has 1 fully saturated rings. The Morgan fingerprint density at radius 3 is 2.91 bits per heavy atom. The van der Waals surface area contributed by atoms with Crippen LogP contribution in [0.4, 0.5) is 0 Å². The minimum atomic E-state index is -0.0766. The van der Waals surface area contributed by atoms with Crippen LogP contribution in [0.2, 0.25) is 0 Å². The van der Waals surface area contributed by atoms with Crippen molar-refractivity contribution in [2.24, 2.45) is 5.92 Å². The lowest BCUT2D eigenvalue weighted by Gasteiger charge is -2.30. The molecule has 0 spiro atoms. The molecule has 2 N–H and O–H groups in total. The number of amides is 1. The molecule has 1 saturated heterocycles. The second-order valence-electron chi connectivity index (χ2n) is 5.52. The van der Waals surface area contributed by atoms with Crippen molar-refractivity contribution in [3.05, 3.63) is 36.4 Å². The van der Waals surface area contributed by atoms with Crippen LogP contribution in [0.3, 0.4) is 0 Å². The van der Waals surface area contributed by atoms with E-state index in [1.54, 1.807) is 31.4 Å². The molecule has 6 heteroatoms. The molecule has 0 aliphatic carbocycles. The SMILES string of the molecule is C=CCOc1ccc(C(=O)NC2CCNCC2C)cc1OC.Cl. The van der Waals surface area contributed by atoms with E-state index < -0.39 is 0 Å². The second-order valence-corrected chi connectivity index (χ2v) is 5.52. The van der Waals surface area contributed by atoms with Crippen molar-refractivity contribution < 1.29 is 14.3 Å². The molecule has 0 radical (unpaired) electrons. The molecule has 1 aromatic carbocycles. The molecule has 128 valence electrons. The molecule has 5 nitrogen and oxygen atoms in total. The summed E-state index contributed by atoms with van der Waals surface area (Å²) in [5.74, 6) is 1.50. The average molecular weight is 341 g/mol. The summed E-state index contributed by atoms with van der Waals surface area (Å²) in [7, 11) is 1.56. The summed E-state index contributed by atoms with van der Waals surface area (Å²) in [4.78, 5) is 12.4. The van der Waals surface area contributed by atoms with Crippen LogP contribution in [-0.2, 0) is 0 Å². The van der Waals surface area contributed by atoms with Gasteiger partial charge >= 0.3 is 0 Å². The Kier molecular flexibility index (Phi) is 7.92. The molecule has 2 rings (SSSR count). The van der Waals surface area contributed by atoms with Crippen LogP contribution in [0, 0.1) is 5.92 Å². The summed E-state index contributed by atoms with van der Waals surface area (Å²) >= 11 is 0. The lowest BCUT2D eigenvalue weighted by atomic mass is 9.95. The minimum absolute atomic E-state index is 0. The number of hydrogen-bond donors (Lipinski definition) is 2. The quantitative estimate of drug-likeness (QED) is 0.781. The smallest absolute Gasteiger partial charge is 0.251 e. The standard InChI is InChI=1S/C17H24N2O3.ClH/c1-4-9-22-15-6-5-13(10-16(15)21-3)17(20)19-14-7-8-18-11-12(14)2;/h4-6,10,12,14,18H,1,7-9,11H2,2-3H3,(H,19,20);1H. The van der Waals surface area contributed by atoms with Crippen LogP contribution in [0.5, 0.6) is 11.5 Å². The monoisotopic (exact) mass is 340 g/mol. The summed E-state index contributed by atoms with van der Waals surface area (Å²) in [5, 5.41) is 6.43. The van der Waals surface area contributed by atoms with Crippen molar-refractivity contribution in [3.8, 4) is 11.5 Å². The predicted octanol–water partition coefficient (Wildman–Crippen LogP) is 2.41. The van der Waals surface area contributed by atoms with Crippen molar-refractivity contribution >= 4 is 18.3 Å². The Morgan fingerprint density at radius 2 is 2.26 bits per heavy atom. The summed E-state index contributed by atoms with van der Waals surface area (Å²) < 4.78 is 10.8. The molecule has 1 aliphatic rings. The van der Waals surface area contributed by atoms with Crippen LogP contribution in [-0.4, -0.2) is 38.8 Å². The highest BCUT2D eigenvalue weighted by molar-refractivity contribution is 5.95. The lowest BCUT2D eigenvalue weighted by Crippen LogP contribution is -2.48. The normalized spacial score (nSPS) is 20.1. The highest BCUT2D eigenvalue weighted by Crippen LogP contribution is 2.28. The minimum Gasteiger partial charge on any atom is -0.493 e. The first-order chi connectivity index (χ1) is 10.7. The van der Waals surface area contributed by atoms with Gasteiger partial charge in [-0.15, -0.1) is 12.4 Å². The molecule has 1 amide bonds. The number of methoxy groups -OCH3 is 1. The number of nitrogens with one attached hydrogen (secondary N) is 2. The summed E-state index contributed by atoms with van der Waals surface area (Å²) in [6.07, 6.45) is 2.61. The van der Waals surface area contributed by atoms with Gasteiger partial charge in [0.05, 0.1) is 7.11 Å². The van der Waals surface area contributed by atoms with E-state index in [1.807, 2.05) is 0 Å². The number of hydrogen-bond acceptors (Lipinski definition) is 4. The first-order valence-electron chi connectivity index (χ1n) is 7.59. The number of halogens is 1. The highest BCUT2D eigenvalue weighted by atomic mass is 35.5. The molecule has 0 aromatic heterocycles. The highest BCUT2D eigenvalue weighted by Gasteiger charge is 2.23. The van der Waals surface area contributed by atoms with E-state index in [0.717, 1.165) is 19.5 Å². The maximum Gasteiger partial charge on any atom is 0.251 e. The Hall–Kier alpha value is -1.72. The van der Waals surface area contributed by atoms with Gasteiger partial charge in [0, 0.05) is 11.6 Å². The van der Waals surface area contributed by atoms with E-state index in [4.69, 9.17) is 9.47 Å². The van der Waals surface area contributed by atoms with Gasteiger partial charge in [-0.3, -0.25) is 4.79 Å². The summed E-state index contributed by atoms with van der Waals surface area (Å²) in [6.45, 7) is 8.02. The Labute approximate surface area is 143 Å². The summed E-state index contributed by atoms with van der Waals surface area (Å²) in [6, 6.07) is 5.42. The molecule has 23 heavy (non-hydrogen) atoms. The van der Waals surface area contributed by atoms with Gasteiger partial charge in [0.2, 0.25) is 0 Å². The van der Waals surface area contributed by atoms with Crippen LogP contribution in [0.1, 0.15) is 23.7 Å². The number of ether oxygens (including phenoxy) is 2. The van der Waals surface area contributed by atoms with Gasteiger partial charge < -0.3 is 20.1 Å². The van der Waals surface area contributed by atoms with Gasteiger partial charge in [-0.2, -0.15) is 0 Å². The van der Waals surface area contributed by atoms with Crippen LogP contribution in [0.15, 0.2) is 30.9 Å². The average Bonchev–Trinajstić information content (AvgIpc) is 2.54. The van der Waals surface area contributed by atoms with Crippen molar-refractivity contribution in [2.75, 3.05) is 26.8 Å². The number of rotatable bonds is 6. The third kappa shape index (κ3) is 5.15. The van der Waals surface area contributed by atoms with Crippen LogP contribution >= 0.6 is 12.4 Å². The van der Waals surface area contributed by atoms with Crippen molar-refractivity contribution in [3.63, 3.8) is 0 Å². The Bertz CT molecular complexity index is 537. The van der Waals surface area contributed by atoms with Crippen molar-refractivity contribution in [2.45, 2.75) is 19.4 Å². The summed E-state index contributed by atoms with van der Waals surface area (Å²) in [5.41, 5.74) is 0.577. The zero-order valence-corrected chi connectivity index (χ0v) is 14.4. The molecular formula is C17H25ClN2O3. The van der Waals surface area contributed by atoms with Gasteiger partial charge in [-0.25, -0.2) is 0 Å². The van der Waals surface area contributed by atoms with E-state index in [-0.39, 0.29) is 24.4 Å². The predicted molar refractivity (Wildman–Crippen MR) is 93.8 cm³/mol. The molecule has 2 unspecified atom stereocenters. The molecule has 1 aromatic rings. The number of piperidine rings is 1. The zero-order valence-electron chi connectivity index (χ0n) is 13.6. The third-order valence-corrected chi connectivity index (χ3v) is 3.88. The van der Waals surface area contributed by atoms with E-state index >= 15 is 0 Å². The van der Waals surface area contributed by atoms with Crippen molar-refractivity contribution in [1.82, 2.24) is 10.6 Å². The van der Waals surface area contributed by atoms with Gasteiger partial charge in [0.1, 0.15) is 6.61 Å². The fraction of sp³-hybridized carbons (Fsp3) is 0.471. The molecule has 0 saturated carbocycles. The van der Waals surface area contributed by atoms with Crippen LogP contribution < -0.4 is 20.1 Å². The molecule has 2 atom stereocenters. The molecule has 1 aliphatic heterocycles. The Balaban J connectivity index is 0.00000264. The van der Waals surface area contributed by atoms with Gasteiger partial charge in [-0.1, -0.05) is 19.6 Å². The van der Waals surface area contributed by atoms with E-state index in [0.29, 0.717) is 29.6 Å². The molecular weight excluding hydrogens is 316 g/mol. The number of benzene rings is 1. The third-order valence-electron chi connectivity index (χ3n) is 3.88. The lowest BCUT2D eigenvalue weighted by molar-refractivity contribution is 0.0914. The van der Waals surface area contributed by atoms with E-state index in [2.05, 4.69) is 24.1 Å². The molecule has 0 bridgehead atoms. The topological polar surface area (TPSA) is 59.6 Å². The Morgan fingerprint density at radius 1 is 1.48 bits per heavy atom. The molecule has 1 heterocycles. The maximum absolute atomic E-state index is 12.4. The fourth-order valence-electron chi connectivity index (χ4n) is 2.56. The van der Waals surface area contributed by atoms with Crippen molar-refractivity contribution in [1.29, 1.82) is 0 Å². The first kappa shape index (κ1) is 19.3. The van der Waals surface area contributed by atoms with Gasteiger partial charge in [0.25, 0.3) is 5.91 Å². The maximum atomic E-state index is 12.4. The second kappa shape index (κ2) is 9.43. The van der Waals surface area contributed by atoms with E-state index in [1.165, 1.54) is 0 Å². The van der Waals surface area contributed by atoms with E-state index in [9.17, 15) is 4.79 Å². The largest absolute Gasteiger partial charge is 0.493 e. The first-order valence-corrected chi connectivity index (χ1v) is 7.59. The van der Waals surface area contributed by atoms with Gasteiger partial charge in [-0.05, 0) is 43.6 Å². The number of carbonyl (C=O) groups is 1. The van der Waals surface area contributed by atoms with Crippen LogP contribution in [0.25, 0.3) is 0 Å². The van der Waals surface area contributed by atoms with Gasteiger partial charge in [0.15, 0.2) is 11.5 Å². The zero-order chi connectivity index (χ0) is 15.9.